The molecule has 0 aliphatic carbocycles. The van der Waals surface area contributed by atoms with Crippen molar-refractivity contribution in [1.82, 2.24) is 9.21 Å². The predicted octanol–water partition coefficient (Wildman–Crippen LogP) is 1.73. The van der Waals surface area contributed by atoms with Crippen molar-refractivity contribution in [3.63, 3.8) is 0 Å². The van der Waals surface area contributed by atoms with Crippen LogP contribution in [0.5, 0.6) is 17.2 Å². The van der Waals surface area contributed by atoms with Gasteiger partial charge >= 0.3 is 0 Å². The van der Waals surface area contributed by atoms with Gasteiger partial charge in [0.25, 0.3) is 5.91 Å². The van der Waals surface area contributed by atoms with Crippen LogP contribution in [0.2, 0.25) is 0 Å². The van der Waals surface area contributed by atoms with Gasteiger partial charge in [-0.2, -0.15) is 9.57 Å². The number of rotatable bonds is 6. The van der Waals surface area contributed by atoms with Crippen LogP contribution in [-0.4, -0.2) is 71.0 Å². The molecule has 1 aliphatic heterocycles. The Bertz CT molecular complexity index is 1100. The summed E-state index contributed by atoms with van der Waals surface area (Å²) in [6.07, 6.45) is 0. The van der Waals surface area contributed by atoms with Crippen molar-refractivity contribution in [2.24, 2.45) is 0 Å². The van der Waals surface area contributed by atoms with Crippen LogP contribution in [0.25, 0.3) is 0 Å². The third kappa shape index (κ3) is 4.28. The third-order valence-electron chi connectivity index (χ3n) is 5.08. The Hall–Kier alpha value is -3.29. The molecule has 2 aromatic carbocycles. The lowest BCUT2D eigenvalue weighted by molar-refractivity contribution is 0.0693. The molecule has 0 spiro atoms. The van der Waals surface area contributed by atoms with Crippen molar-refractivity contribution in [1.29, 1.82) is 5.26 Å². The van der Waals surface area contributed by atoms with Crippen molar-refractivity contribution in [3.05, 3.63) is 47.5 Å². The normalized spacial score (nSPS) is 14.6. The average molecular weight is 445 g/mol. The molecule has 2 aromatic rings. The quantitative estimate of drug-likeness (QED) is 0.666. The van der Waals surface area contributed by atoms with Crippen LogP contribution >= 0.6 is 0 Å². The molecule has 0 atom stereocenters. The number of hydrogen-bond acceptors (Lipinski definition) is 7. The minimum absolute atomic E-state index is 0.118. The molecule has 0 saturated carbocycles. The van der Waals surface area contributed by atoms with Crippen LogP contribution in [0.3, 0.4) is 0 Å². The summed E-state index contributed by atoms with van der Waals surface area (Å²) >= 11 is 0. The van der Waals surface area contributed by atoms with E-state index in [0.29, 0.717) is 22.6 Å². The van der Waals surface area contributed by atoms with E-state index in [0.717, 1.165) is 0 Å². The maximum absolute atomic E-state index is 13.1. The molecule has 1 amide bonds. The number of nitrogens with zero attached hydrogens (tertiary/aromatic N) is 3. The summed E-state index contributed by atoms with van der Waals surface area (Å²) in [5.74, 6) is 0.736. The zero-order chi connectivity index (χ0) is 22.6. The summed E-state index contributed by atoms with van der Waals surface area (Å²) in [6.45, 7) is 0.769. The zero-order valence-electron chi connectivity index (χ0n) is 17.5. The molecule has 164 valence electrons. The first-order valence-electron chi connectivity index (χ1n) is 9.46. The van der Waals surface area contributed by atoms with E-state index in [9.17, 15) is 13.2 Å². The first-order valence-corrected chi connectivity index (χ1v) is 10.9. The smallest absolute Gasteiger partial charge is 0.257 e. The SMILES string of the molecule is COc1ccc(C(=O)N2CCN(S(=O)(=O)c3ccc(C#N)cc3)CC2)c(OC)c1OC. The standard InChI is InChI=1S/C21H23N3O6S/c1-28-18-9-8-17(19(29-2)20(18)30-3)21(25)23-10-12-24(13-11-23)31(26,27)16-6-4-15(14-22)5-7-16/h4-9H,10-13H2,1-3H3. The number of carbonyl (C=O) groups excluding carboxylic acids is 1. The summed E-state index contributed by atoms with van der Waals surface area (Å²) in [6, 6.07) is 11.0. The summed E-state index contributed by atoms with van der Waals surface area (Å²) in [7, 11) is 0.684. The molecule has 0 bridgehead atoms. The van der Waals surface area contributed by atoms with Gasteiger partial charge in [0.05, 0.1) is 43.4 Å². The number of benzene rings is 2. The Kier molecular flexibility index (Phi) is 6.68. The largest absolute Gasteiger partial charge is 0.493 e. The van der Waals surface area contributed by atoms with Gasteiger partial charge in [0.1, 0.15) is 0 Å². The van der Waals surface area contributed by atoms with Gasteiger partial charge < -0.3 is 19.1 Å². The van der Waals surface area contributed by atoms with Gasteiger partial charge in [0.15, 0.2) is 11.5 Å². The van der Waals surface area contributed by atoms with Gasteiger partial charge in [-0.15, -0.1) is 0 Å². The molecule has 3 rings (SSSR count). The van der Waals surface area contributed by atoms with Gasteiger partial charge in [0, 0.05) is 26.2 Å². The molecule has 10 heteroatoms. The van der Waals surface area contributed by atoms with Crippen molar-refractivity contribution in [2.45, 2.75) is 4.90 Å². The number of carbonyl (C=O) groups is 1. The van der Waals surface area contributed by atoms with E-state index in [4.69, 9.17) is 19.5 Å². The van der Waals surface area contributed by atoms with Crippen molar-refractivity contribution >= 4 is 15.9 Å². The molecule has 1 saturated heterocycles. The average Bonchev–Trinajstić information content (AvgIpc) is 2.82. The first kappa shape index (κ1) is 22.4. The van der Waals surface area contributed by atoms with Gasteiger partial charge in [-0.1, -0.05) is 0 Å². The summed E-state index contributed by atoms with van der Waals surface area (Å²) < 4.78 is 43.1. The zero-order valence-corrected chi connectivity index (χ0v) is 18.3. The van der Waals surface area contributed by atoms with Gasteiger partial charge in [0.2, 0.25) is 15.8 Å². The predicted molar refractivity (Wildman–Crippen MR) is 112 cm³/mol. The fourth-order valence-corrected chi connectivity index (χ4v) is 4.84. The van der Waals surface area contributed by atoms with E-state index < -0.39 is 10.0 Å². The molecule has 0 unspecified atom stereocenters. The molecule has 0 radical (unpaired) electrons. The highest BCUT2D eigenvalue weighted by Crippen LogP contribution is 2.40. The van der Waals surface area contributed by atoms with Crippen LogP contribution in [-0.2, 0) is 10.0 Å². The minimum atomic E-state index is -3.71. The maximum atomic E-state index is 13.1. The van der Waals surface area contributed by atoms with Gasteiger partial charge in [-0.25, -0.2) is 8.42 Å². The monoisotopic (exact) mass is 445 g/mol. The van der Waals surface area contributed by atoms with E-state index in [1.165, 1.54) is 49.9 Å². The first-order chi connectivity index (χ1) is 14.9. The van der Waals surface area contributed by atoms with Gasteiger partial charge in [-0.3, -0.25) is 4.79 Å². The molecular weight excluding hydrogens is 422 g/mol. The molecule has 31 heavy (non-hydrogen) atoms. The molecular formula is C21H23N3O6S. The lowest BCUT2D eigenvalue weighted by atomic mass is 10.1. The van der Waals surface area contributed by atoms with Gasteiger partial charge in [-0.05, 0) is 36.4 Å². The van der Waals surface area contributed by atoms with E-state index >= 15 is 0 Å². The Balaban J connectivity index is 1.76. The number of amides is 1. The molecule has 0 aromatic heterocycles. The fourth-order valence-electron chi connectivity index (χ4n) is 3.42. The molecule has 1 heterocycles. The highest BCUT2D eigenvalue weighted by Gasteiger charge is 2.32. The number of nitriles is 1. The molecule has 1 aliphatic rings. The van der Waals surface area contributed by atoms with Crippen LogP contribution in [0, 0.1) is 11.3 Å². The van der Waals surface area contributed by atoms with Crippen LogP contribution in [0.15, 0.2) is 41.3 Å². The Morgan fingerprint density at radius 2 is 1.52 bits per heavy atom. The van der Waals surface area contributed by atoms with Crippen LogP contribution < -0.4 is 14.2 Å². The summed E-state index contributed by atoms with van der Waals surface area (Å²) in [5.41, 5.74) is 0.696. The van der Waals surface area contributed by atoms with Crippen LogP contribution in [0.4, 0.5) is 0 Å². The lowest BCUT2D eigenvalue weighted by Crippen LogP contribution is -2.50. The van der Waals surface area contributed by atoms with Crippen molar-refractivity contribution in [3.8, 4) is 23.3 Å². The van der Waals surface area contributed by atoms with Crippen molar-refractivity contribution < 1.29 is 27.4 Å². The Morgan fingerprint density at radius 3 is 2.03 bits per heavy atom. The van der Waals surface area contributed by atoms with Crippen molar-refractivity contribution in [2.75, 3.05) is 47.5 Å². The highest BCUT2D eigenvalue weighted by atomic mass is 32.2. The molecule has 0 N–H and O–H groups in total. The number of hydrogen-bond donors (Lipinski definition) is 0. The fraction of sp³-hybridized carbons (Fsp3) is 0.333. The topological polar surface area (TPSA) is 109 Å². The number of ether oxygens (including phenoxy) is 3. The van der Waals surface area contributed by atoms with E-state index in [1.54, 1.807) is 17.0 Å². The maximum Gasteiger partial charge on any atom is 0.257 e. The lowest BCUT2D eigenvalue weighted by Gasteiger charge is -2.34. The van der Waals surface area contributed by atoms with E-state index in [2.05, 4.69) is 0 Å². The Morgan fingerprint density at radius 1 is 0.903 bits per heavy atom. The highest BCUT2D eigenvalue weighted by molar-refractivity contribution is 7.89. The second kappa shape index (κ2) is 9.24. The molecule has 1 fully saturated rings. The summed E-state index contributed by atoms with van der Waals surface area (Å²) in [4.78, 5) is 14.8. The second-order valence-corrected chi connectivity index (χ2v) is 8.65. The third-order valence-corrected chi connectivity index (χ3v) is 6.99. The molecule has 9 nitrogen and oxygen atoms in total. The second-order valence-electron chi connectivity index (χ2n) is 6.71. The van der Waals surface area contributed by atoms with E-state index in [-0.39, 0.29) is 42.7 Å². The number of sulfonamides is 1. The number of methoxy groups -OCH3 is 3. The minimum Gasteiger partial charge on any atom is -0.493 e. The number of piperazine rings is 1. The summed E-state index contributed by atoms with van der Waals surface area (Å²) in [5, 5.41) is 8.88. The Labute approximate surface area is 181 Å². The van der Waals surface area contributed by atoms with E-state index in [1.807, 2.05) is 6.07 Å². The van der Waals surface area contributed by atoms with Crippen LogP contribution in [0.1, 0.15) is 15.9 Å².